The normalized spacial score (nSPS) is 11.3. The zero-order chi connectivity index (χ0) is 17.2. The molecule has 0 aliphatic rings. The van der Waals surface area contributed by atoms with Crippen molar-refractivity contribution in [1.29, 1.82) is 0 Å². The average Bonchev–Trinajstić information content (AvgIpc) is 2.56. The van der Waals surface area contributed by atoms with Gasteiger partial charge in [0.15, 0.2) is 9.84 Å². The quantitative estimate of drug-likeness (QED) is 0.687. The topological polar surface area (TPSA) is 86.5 Å². The largest absolute Gasteiger partial charge is 0.465 e. The maximum atomic E-state index is 12.0. The number of anilines is 1. The third-order valence-corrected chi connectivity index (χ3v) is 5.49. The lowest BCUT2D eigenvalue weighted by Crippen LogP contribution is -2.07. The Hall–Kier alpha value is -2.34. The van der Waals surface area contributed by atoms with Crippen molar-refractivity contribution in [3.05, 3.63) is 47.5 Å². The first-order chi connectivity index (χ1) is 10.8. The maximum absolute atomic E-state index is 12.0. The Balaban J connectivity index is 2.62. The molecular formula is C17H19NO4S. The minimum Gasteiger partial charge on any atom is -0.465 e. The Morgan fingerprint density at radius 3 is 2.48 bits per heavy atom. The van der Waals surface area contributed by atoms with E-state index in [1.165, 1.54) is 7.11 Å². The summed E-state index contributed by atoms with van der Waals surface area (Å²) in [7, 11) is -2.00. The zero-order valence-electron chi connectivity index (χ0n) is 13.3. The third kappa shape index (κ3) is 3.37. The first kappa shape index (κ1) is 17.0. The van der Waals surface area contributed by atoms with E-state index in [1.807, 2.05) is 0 Å². The van der Waals surface area contributed by atoms with Crippen LogP contribution in [0.15, 0.2) is 41.3 Å². The Morgan fingerprint density at radius 2 is 1.87 bits per heavy atom. The van der Waals surface area contributed by atoms with Gasteiger partial charge in [-0.15, -0.1) is 0 Å². The first-order valence-corrected chi connectivity index (χ1v) is 8.77. The van der Waals surface area contributed by atoms with Gasteiger partial charge in [0.2, 0.25) is 0 Å². The Bertz CT molecular complexity index is 857. The molecule has 122 valence electrons. The van der Waals surface area contributed by atoms with E-state index in [2.05, 4.69) is 0 Å². The van der Waals surface area contributed by atoms with E-state index in [0.29, 0.717) is 27.9 Å². The van der Waals surface area contributed by atoms with Gasteiger partial charge in [-0.1, -0.05) is 19.1 Å². The molecule has 0 saturated heterocycles. The molecular weight excluding hydrogens is 314 g/mol. The van der Waals surface area contributed by atoms with E-state index in [4.69, 9.17) is 10.5 Å². The molecule has 0 aliphatic carbocycles. The number of nitrogen functional groups attached to an aromatic ring is 1. The number of hydrogen-bond donors (Lipinski definition) is 1. The molecule has 0 atom stereocenters. The summed E-state index contributed by atoms with van der Waals surface area (Å²) in [4.78, 5) is 12.1. The Kier molecular flexibility index (Phi) is 4.75. The van der Waals surface area contributed by atoms with E-state index < -0.39 is 15.8 Å². The number of ether oxygens (including phenoxy) is 1. The monoisotopic (exact) mass is 333 g/mol. The van der Waals surface area contributed by atoms with Crippen molar-refractivity contribution in [3.63, 3.8) is 0 Å². The summed E-state index contributed by atoms with van der Waals surface area (Å²) in [6, 6.07) is 9.98. The minimum atomic E-state index is -3.30. The van der Waals surface area contributed by atoms with E-state index in [-0.39, 0.29) is 10.6 Å². The standard InChI is InChI=1S/C17H19NO4S/c1-4-23(20,21)14-7-5-6-12(8-14)13-9-15(17(19)22-3)11(2)16(18)10-13/h5-10H,4,18H2,1-3H3. The first-order valence-electron chi connectivity index (χ1n) is 7.11. The maximum Gasteiger partial charge on any atom is 0.338 e. The van der Waals surface area contributed by atoms with Crippen LogP contribution in [0.25, 0.3) is 11.1 Å². The Labute approximate surface area is 136 Å². The van der Waals surface area contributed by atoms with Gasteiger partial charge in [-0.2, -0.15) is 0 Å². The number of methoxy groups -OCH3 is 1. The lowest BCUT2D eigenvalue weighted by Gasteiger charge is -2.11. The fourth-order valence-electron chi connectivity index (χ4n) is 2.26. The number of nitrogens with two attached hydrogens (primary N) is 1. The second-order valence-electron chi connectivity index (χ2n) is 5.16. The van der Waals surface area contributed by atoms with Crippen LogP contribution in [0.4, 0.5) is 5.69 Å². The van der Waals surface area contributed by atoms with Crippen LogP contribution in [0.2, 0.25) is 0 Å². The van der Waals surface area contributed by atoms with Gasteiger partial charge in [0.1, 0.15) is 0 Å². The van der Waals surface area contributed by atoms with Crippen LogP contribution < -0.4 is 5.73 Å². The SMILES string of the molecule is CCS(=O)(=O)c1cccc(-c2cc(N)c(C)c(C(=O)OC)c2)c1. The Morgan fingerprint density at radius 1 is 1.17 bits per heavy atom. The third-order valence-electron chi connectivity index (χ3n) is 3.76. The van der Waals surface area contributed by atoms with Gasteiger partial charge in [-0.05, 0) is 47.9 Å². The molecule has 6 heteroatoms. The molecule has 0 unspecified atom stereocenters. The molecule has 0 radical (unpaired) electrons. The molecule has 0 aromatic heterocycles. The molecule has 0 spiro atoms. The van der Waals surface area contributed by atoms with Crippen molar-refractivity contribution in [2.24, 2.45) is 0 Å². The molecule has 0 fully saturated rings. The lowest BCUT2D eigenvalue weighted by atomic mass is 9.98. The molecule has 0 aliphatic heterocycles. The smallest absolute Gasteiger partial charge is 0.338 e. The van der Waals surface area contributed by atoms with E-state index in [9.17, 15) is 13.2 Å². The van der Waals surface area contributed by atoms with Crippen molar-refractivity contribution in [2.75, 3.05) is 18.6 Å². The molecule has 2 aromatic rings. The summed E-state index contributed by atoms with van der Waals surface area (Å²) in [6.07, 6.45) is 0. The van der Waals surface area contributed by atoms with Crippen molar-refractivity contribution in [3.8, 4) is 11.1 Å². The molecule has 0 amide bonds. The van der Waals surface area contributed by atoms with Crippen LogP contribution in [0.5, 0.6) is 0 Å². The van der Waals surface area contributed by atoms with Gasteiger partial charge >= 0.3 is 5.97 Å². The average molecular weight is 333 g/mol. The summed E-state index contributed by atoms with van der Waals surface area (Å²) in [6.45, 7) is 3.34. The number of esters is 1. The van der Waals surface area contributed by atoms with Crippen LogP contribution in [0.1, 0.15) is 22.8 Å². The summed E-state index contributed by atoms with van der Waals surface area (Å²) < 4.78 is 28.8. The highest BCUT2D eigenvalue weighted by molar-refractivity contribution is 7.91. The second-order valence-corrected chi connectivity index (χ2v) is 7.44. The fraction of sp³-hybridized carbons (Fsp3) is 0.235. The molecule has 0 saturated carbocycles. The highest BCUT2D eigenvalue weighted by atomic mass is 32.2. The molecule has 2 rings (SSSR count). The molecule has 2 aromatic carbocycles. The van der Waals surface area contributed by atoms with Gasteiger partial charge in [0, 0.05) is 5.69 Å². The van der Waals surface area contributed by atoms with Crippen LogP contribution in [0.3, 0.4) is 0 Å². The van der Waals surface area contributed by atoms with Crippen molar-refractivity contribution in [2.45, 2.75) is 18.7 Å². The molecule has 5 nitrogen and oxygen atoms in total. The summed E-state index contributed by atoms with van der Waals surface area (Å²) >= 11 is 0. The number of carbonyl (C=O) groups is 1. The highest BCUT2D eigenvalue weighted by Gasteiger charge is 2.16. The predicted octanol–water partition coefficient (Wildman–Crippen LogP) is 2.82. The number of rotatable bonds is 4. The lowest BCUT2D eigenvalue weighted by molar-refractivity contribution is 0.0600. The van der Waals surface area contributed by atoms with E-state index in [0.717, 1.165) is 0 Å². The van der Waals surface area contributed by atoms with Crippen LogP contribution in [-0.2, 0) is 14.6 Å². The van der Waals surface area contributed by atoms with Gasteiger partial charge < -0.3 is 10.5 Å². The zero-order valence-corrected chi connectivity index (χ0v) is 14.1. The van der Waals surface area contributed by atoms with E-state index in [1.54, 1.807) is 50.2 Å². The fourth-order valence-corrected chi connectivity index (χ4v) is 3.19. The van der Waals surface area contributed by atoms with Crippen LogP contribution >= 0.6 is 0 Å². The van der Waals surface area contributed by atoms with Gasteiger partial charge in [-0.3, -0.25) is 0 Å². The predicted molar refractivity (Wildman–Crippen MR) is 90.1 cm³/mol. The van der Waals surface area contributed by atoms with Crippen molar-refractivity contribution >= 4 is 21.5 Å². The summed E-state index contributed by atoms with van der Waals surface area (Å²) in [5.74, 6) is -0.451. The number of hydrogen-bond acceptors (Lipinski definition) is 5. The molecule has 0 bridgehead atoms. The summed E-state index contributed by atoms with van der Waals surface area (Å²) in [5, 5.41) is 0. The summed E-state index contributed by atoms with van der Waals surface area (Å²) in [5.41, 5.74) is 8.78. The van der Waals surface area contributed by atoms with Crippen molar-refractivity contribution < 1.29 is 17.9 Å². The molecule has 23 heavy (non-hydrogen) atoms. The number of sulfone groups is 1. The van der Waals surface area contributed by atoms with Gasteiger partial charge in [0.05, 0.1) is 23.3 Å². The second kappa shape index (κ2) is 6.42. The van der Waals surface area contributed by atoms with E-state index >= 15 is 0 Å². The number of carbonyl (C=O) groups excluding carboxylic acids is 1. The van der Waals surface area contributed by atoms with Crippen molar-refractivity contribution in [1.82, 2.24) is 0 Å². The minimum absolute atomic E-state index is 0.0277. The van der Waals surface area contributed by atoms with Crippen LogP contribution in [0, 0.1) is 6.92 Å². The molecule has 2 N–H and O–H groups in total. The number of benzene rings is 2. The van der Waals surface area contributed by atoms with Gasteiger partial charge in [0.25, 0.3) is 0 Å². The van der Waals surface area contributed by atoms with Crippen LogP contribution in [-0.4, -0.2) is 27.2 Å². The highest BCUT2D eigenvalue weighted by Crippen LogP contribution is 2.29. The molecule has 0 heterocycles. The van der Waals surface area contributed by atoms with Gasteiger partial charge in [-0.25, -0.2) is 13.2 Å².